The fourth-order valence-corrected chi connectivity index (χ4v) is 3.15. The molecule has 0 N–H and O–H groups in total. The third-order valence-electron chi connectivity index (χ3n) is 3.50. The molecule has 5 heteroatoms. The van der Waals surface area contributed by atoms with Gasteiger partial charge in [0.2, 0.25) is 0 Å². The number of benzene rings is 3. The lowest BCUT2D eigenvalue weighted by Crippen LogP contribution is -2.11. The molecule has 0 saturated heterocycles. The lowest BCUT2D eigenvalue weighted by atomic mass is 10.1. The van der Waals surface area contributed by atoms with Gasteiger partial charge in [0.15, 0.2) is 0 Å². The van der Waals surface area contributed by atoms with Gasteiger partial charge in [-0.05, 0) is 23.6 Å². The average molecular weight is 305 g/mol. The van der Waals surface area contributed by atoms with E-state index in [1.54, 1.807) is 11.3 Å². The molecular formula is C17H12BNO2S. The second-order valence-electron chi connectivity index (χ2n) is 4.84. The van der Waals surface area contributed by atoms with E-state index in [1.807, 2.05) is 54.0 Å². The molecule has 1 heterocycles. The number of rotatable bonds is 4. The quantitative estimate of drug-likeness (QED) is 0.530. The van der Waals surface area contributed by atoms with Gasteiger partial charge in [0.1, 0.15) is 17.0 Å². The highest BCUT2D eigenvalue weighted by Gasteiger charge is 2.07. The van der Waals surface area contributed by atoms with E-state index in [0.717, 1.165) is 32.5 Å². The minimum atomic E-state index is 0.157. The molecule has 0 atom stereocenters. The summed E-state index contributed by atoms with van der Waals surface area (Å²) in [6.45, 7) is 0. The van der Waals surface area contributed by atoms with Crippen molar-refractivity contribution in [2.24, 2.45) is 0 Å². The van der Waals surface area contributed by atoms with Crippen molar-refractivity contribution in [3.8, 4) is 11.5 Å². The van der Waals surface area contributed by atoms with E-state index in [4.69, 9.17) is 9.31 Å². The van der Waals surface area contributed by atoms with Crippen LogP contribution in [-0.2, 0) is 0 Å². The minimum Gasteiger partial charge on any atom is -0.528 e. The molecule has 0 aliphatic heterocycles. The number of fused-ring (bicyclic) bond motifs is 2. The van der Waals surface area contributed by atoms with Gasteiger partial charge in [-0.1, -0.05) is 42.5 Å². The third-order valence-corrected chi connectivity index (χ3v) is 4.30. The summed E-state index contributed by atoms with van der Waals surface area (Å²) in [4.78, 5) is 4.33. The summed E-state index contributed by atoms with van der Waals surface area (Å²) < 4.78 is 12.7. The number of hydrogen-bond acceptors (Lipinski definition) is 4. The predicted molar refractivity (Wildman–Crippen MR) is 92.0 cm³/mol. The zero-order chi connectivity index (χ0) is 14.8. The summed E-state index contributed by atoms with van der Waals surface area (Å²) in [5.41, 5.74) is 2.71. The number of hydrogen-bond donors (Lipinski definition) is 0. The zero-order valence-corrected chi connectivity index (χ0v) is 12.5. The fraction of sp³-hybridized carbons (Fsp3) is 0. The monoisotopic (exact) mass is 305 g/mol. The maximum atomic E-state index is 5.80. The molecule has 0 radical (unpaired) electrons. The number of para-hydroxylation sites is 1. The summed E-state index contributed by atoms with van der Waals surface area (Å²) in [7, 11) is 0.157. The van der Waals surface area contributed by atoms with Crippen molar-refractivity contribution in [3.05, 3.63) is 66.2 Å². The Labute approximate surface area is 132 Å². The summed E-state index contributed by atoms with van der Waals surface area (Å²) in [5.74, 6) is 1.57. The molecular weight excluding hydrogens is 293 g/mol. The molecule has 1 aromatic heterocycles. The van der Waals surface area contributed by atoms with E-state index in [2.05, 4.69) is 17.1 Å². The first-order chi connectivity index (χ1) is 10.9. The Kier molecular flexibility index (Phi) is 3.41. The molecule has 0 fully saturated rings. The van der Waals surface area contributed by atoms with Crippen molar-refractivity contribution in [2.45, 2.75) is 0 Å². The van der Waals surface area contributed by atoms with Crippen molar-refractivity contribution in [1.82, 2.24) is 4.98 Å². The van der Waals surface area contributed by atoms with Crippen LogP contribution in [0.2, 0.25) is 0 Å². The normalized spacial score (nSPS) is 10.7. The van der Waals surface area contributed by atoms with Gasteiger partial charge < -0.3 is 9.31 Å². The molecule has 106 valence electrons. The molecule has 4 aromatic rings. The Morgan fingerprint density at radius 3 is 2.59 bits per heavy atom. The van der Waals surface area contributed by atoms with Gasteiger partial charge in [-0.2, -0.15) is 0 Å². The summed E-state index contributed by atoms with van der Waals surface area (Å²) in [5, 5.41) is 2.24. The van der Waals surface area contributed by atoms with Gasteiger partial charge in [-0.25, -0.2) is 4.98 Å². The molecule has 4 rings (SSSR count). The summed E-state index contributed by atoms with van der Waals surface area (Å²) in [6, 6.07) is 20.1. The zero-order valence-electron chi connectivity index (χ0n) is 11.7. The fourth-order valence-electron chi connectivity index (χ4n) is 2.45. The van der Waals surface area contributed by atoms with Gasteiger partial charge >= 0.3 is 7.69 Å². The van der Waals surface area contributed by atoms with Gasteiger partial charge in [0.25, 0.3) is 0 Å². The molecule has 0 aliphatic carbocycles. The van der Waals surface area contributed by atoms with Gasteiger partial charge in [0.05, 0.1) is 10.2 Å². The van der Waals surface area contributed by atoms with Crippen LogP contribution < -0.4 is 9.31 Å². The first-order valence-electron chi connectivity index (χ1n) is 6.97. The third kappa shape index (κ3) is 2.40. The van der Waals surface area contributed by atoms with Crippen LogP contribution in [-0.4, -0.2) is 12.7 Å². The summed E-state index contributed by atoms with van der Waals surface area (Å²) >= 11 is 1.60. The smallest absolute Gasteiger partial charge is 0.528 e. The highest BCUT2D eigenvalue weighted by molar-refractivity contribution is 7.16. The van der Waals surface area contributed by atoms with Gasteiger partial charge in [-0.3, -0.25) is 0 Å². The molecule has 0 amide bonds. The standard InChI is InChI=1S/C17H12BNO2S/c1-2-7-13-12(5-1)6-3-8-14(13)20-18-21-15-9-4-10-16-17(15)19-11-22-16/h1-11,18H. The van der Waals surface area contributed by atoms with Crippen LogP contribution in [0.4, 0.5) is 0 Å². The lowest BCUT2D eigenvalue weighted by Gasteiger charge is -2.10. The van der Waals surface area contributed by atoms with Crippen LogP contribution in [0, 0.1) is 0 Å². The molecule has 0 spiro atoms. The Bertz CT molecular complexity index is 933. The average Bonchev–Trinajstić information content (AvgIpc) is 3.05. The largest absolute Gasteiger partial charge is 0.576 e. The van der Waals surface area contributed by atoms with Gasteiger partial charge in [-0.15, -0.1) is 11.3 Å². The van der Waals surface area contributed by atoms with Crippen molar-refractivity contribution in [3.63, 3.8) is 0 Å². The Morgan fingerprint density at radius 2 is 1.59 bits per heavy atom. The Balaban J connectivity index is 1.54. The maximum absolute atomic E-state index is 5.80. The van der Waals surface area contributed by atoms with E-state index in [0.29, 0.717) is 0 Å². The second kappa shape index (κ2) is 5.69. The lowest BCUT2D eigenvalue weighted by molar-refractivity contribution is 0.464. The number of thiazole rings is 1. The molecule has 0 aliphatic rings. The maximum Gasteiger partial charge on any atom is 0.576 e. The molecule has 0 bridgehead atoms. The van der Waals surface area contributed by atoms with E-state index in [9.17, 15) is 0 Å². The van der Waals surface area contributed by atoms with Crippen molar-refractivity contribution >= 4 is 40.0 Å². The first-order valence-corrected chi connectivity index (χ1v) is 7.85. The van der Waals surface area contributed by atoms with E-state index < -0.39 is 0 Å². The highest BCUT2D eigenvalue weighted by Crippen LogP contribution is 2.28. The van der Waals surface area contributed by atoms with Crippen molar-refractivity contribution < 1.29 is 9.31 Å². The Hall–Kier alpha value is -2.53. The number of aromatic nitrogens is 1. The molecule has 0 saturated carbocycles. The van der Waals surface area contributed by atoms with Crippen LogP contribution in [0.5, 0.6) is 11.5 Å². The van der Waals surface area contributed by atoms with E-state index in [1.165, 1.54) is 0 Å². The first kappa shape index (κ1) is 13.2. The van der Waals surface area contributed by atoms with Crippen LogP contribution in [0.3, 0.4) is 0 Å². The molecule has 3 aromatic carbocycles. The van der Waals surface area contributed by atoms with Crippen LogP contribution in [0.25, 0.3) is 21.0 Å². The van der Waals surface area contributed by atoms with E-state index in [-0.39, 0.29) is 7.69 Å². The molecule has 22 heavy (non-hydrogen) atoms. The van der Waals surface area contributed by atoms with Crippen LogP contribution >= 0.6 is 11.3 Å². The Morgan fingerprint density at radius 1 is 0.818 bits per heavy atom. The second-order valence-corrected chi connectivity index (χ2v) is 5.73. The van der Waals surface area contributed by atoms with Crippen molar-refractivity contribution in [2.75, 3.05) is 0 Å². The van der Waals surface area contributed by atoms with E-state index >= 15 is 0 Å². The SMILES string of the molecule is B(Oc1cccc2ccccc12)Oc1cccc2scnc12. The topological polar surface area (TPSA) is 31.4 Å². The highest BCUT2D eigenvalue weighted by atomic mass is 32.1. The predicted octanol–water partition coefficient (Wildman–Crippen LogP) is 4.17. The number of nitrogens with zero attached hydrogens (tertiary/aromatic N) is 1. The van der Waals surface area contributed by atoms with Crippen LogP contribution in [0.15, 0.2) is 66.2 Å². The van der Waals surface area contributed by atoms with Crippen molar-refractivity contribution in [1.29, 1.82) is 0 Å². The minimum absolute atomic E-state index is 0.157. The molecule has 0 unspecified atom stereocenters. The van der Waals surface area contributed by atoms with Crippen LogP contribution in [0.1, 0.15) is 0 Å². The summed E-state index contributed by atoms with van der Waals surface area (Å²) in [6.07, 6.45) is 0. The molecule has 3 nitrogen and oxygen atoms in total. The van der Waals surface area contributed by atoms with Gasteiger partial charge in [0, 0.05) is 5.39 Å².